The van der Waals surface area contributed by atoms with Crippen LogP contribution in [0.3, 0.4) is 0 Å². The Balaban J connectivity index is 1.38. The summed E-state index contributed by atoms with van der Waals surface area (Å²) in [6, 6.07) is 15.0. The predicted octanol–water partition coefficient (Wildman–Crippen LogP) is 4.45. The molecule has 1 amide bonds. The summed E-state index contributed by atoms with van der Waals surface area (Å²) in [7, 11) is 0. The highest BCUT2D eigenvalue weighted by atomic mass is 19.1. The number of carbonyl (C=O) groups is 1. The topological polar surface area (TPSA) is 43.3 Å². The van der Waals surface area contributed by atoms with E-state index in [1.54, 1.807) is 12.1 Å². The SMILES string of the molecule is O=C(CCCc1cn(Cc2cccc(F)c2)c2ccccc12)NCC1CCCO1. The maximum atomic E-state index is 13.5. The van der Waals surface area contributed by atoms with Gasteiger partial charge in [-0.1, -0.05) is 30.3 Å². The number of nitrogens with one attached hydrogen (secondary N) is 1. The van der Waals surface area contributed by atoms with Crippen molar-refractivity contribution < 1.29 is 13.9 Å². The molecule has 1 atom stereocenters. The molecule has 0 spiro atoms. The second-order valence-electron chi connectivity index (χ2n) is 7.72. The van der Waals surface area contributed by atoms with Gasteiger partial charge in [-0.05, 0) is 55.0 Å². The third kappa shape index (κ3) is 5.04. The highest BCUT2D eigenvalue weighted by Gasteiger charge is 2.16. The number of para-hydroxylation sites is 1. The van der Waals surface area contributed by atoms with Gasteiger partial charge in [-0.15, -0.1) is 0 Å². The lowest BCUT2D eigenvalue weighted by molar-refractivity contribution is -0.121. The van der Waals surface area contributed by atoms with Crippen LogP contribution in [0.15, 0.2) is 54.7 Å². The number of fused-ring (bicyclic) bond motifs is 1. The van der Waals surface area contributed by atoms with Crippen LogP contribution in [0.4, 0.5) is 4.39 Å². The summed E-state index contributed by atoms with van der Waals surface area (Å²) in [6.07, 6.45) is 6.58. The van der Waals surface area contributed by atoms with E-state index < -0.39 is 0 Å². The molecule has 2 aromatic carbocycles. The summed E-state index contributed by atoms with van der Waals surface area (Å²) in [6.45, 7) is 2.05. The zero-order valence-corrected chi connectivity index (χ0v) is 16.6. The number of aryl methyl sites for hydroxylation is 1. The smallest absolute Gasteiger partial charge is 0.220 e. The molecule has 1 unspecified atom stereocenters. The molecule has 2 heterocycles. The van der Waals surface area contributed by atoms with Crippen LogP contribution in [0.5, 0.6) is 0 Å². The quantitative estimate of drug-likeness (QED) is 0.614. The molecule has 0 radical (unpaired) electrons. The first-order valence-corrected chi connectivity index (χ1v) is 10.4. The first-order chi connectivity index (χ1) is 14.2. The second kappa shape index (κ2) is 9.23. The van der Waals surface area contributed by atoms with Gasteiger partial charge in [0.25, 0.3) is 0 Å². The van der Waals surface area contributed by atoms with Crippen molar-refractivity contribution in [2.24, 2.45) is 0 Å². The van der Waals surface area contributed by atoms with Crippen molar-refractivity contribution in [2.75, 3.05) is 13.2 Å². The Morgan fingerprint density at radius 2 is 2.10 bits per heavy atom. The Bertz CT molecular complexity index is 976. The van der Waals surface area contributed by atoms with Crippen LogP contribution in [0.2, 0.25) is 0 Å². The fourth-order valence-electron chi connectivity index (χ4n) is 4.05. The Labute approximate surface area is 170 Å². The Kier molecular flexibility index (Phi) is 6.25. The molecule has 0 saturated carbocycles. The number of aromatic nitrogens is 1. The lowest BCUT2D eigenvalue weighted by Gasteiger charge is -2.10. The summed E-state index contributed by atoms with van der Waals surface area (Å²) in [4.78, 5) is 12.1. The van der Waals surface area contributed by atoms with Gasteiger partial charge in [0.15, 0.2) is 0 Å². The normalized spacial score (nSPS) is 16.4. The monoisotopic (exact) mass is 394 g/mol. The van der Waals surface area contributed by atoms with E-state index in [2.05, 4.69) is 28.2 Å². The number of amides is 1. The van der Waals surface area contributed by atoms with Crippen LogP contribution in [0.25, 0.3) is 10.9 Å². The van der Waals surface area contributed by atoms with Crippen LogP contribution >= 0.6 is 0 Å². The number of halogens is 1. The minimum Gasteiger partial charge on any atom is -0.376 e. The van der Waals surface area contributed by atoms with Crippen LogP contribution in [0, 0.1) is 5.82 Å². The maximum absolute atomic E-state index is 13.5. The molecular weight excluding hydrogens is 367 g/mol. The average Bonchev–Trinajstić information content (AvgIpc) is 3.35. The van der Waals surface area contributed by atoms with E-state index >= 15 is 0 Å². The molecule has 1 saturated heterocycles. The standard InChI is InChI=1S/C24H27FN2O2/c25-20-8-3-6-18(14-20)16-27-17-19(22-10-1-2-11-23(22)27)7-4-12-24(28)26-15-21-9-5-13-29-21/h1-3,6,8,10-11,14,17,21H,4-5,7,9,12-13,15-16H2,(H,26,28). The number of hydrogen-bond acceptors (Lipinski definition) is 2. The number of hydrogen-bond donors (Lipinski definition) is 1. The van der Waals surface area contributed by atoms with Crippen LogP contribution in [-0.4, -0.2) is 29.7 Å². The molecule has 4 rings (SSSR count). The fourth-order valence-corrected chi connectivity index (χ4v) is 4.05. The van der Waals surface area contributed by atoms with Crippen molar-refractivity contribution in [3.63, 3.8) is 0 Å². The Morgan fingerprint density at radius 3 is 2.93 bits per heavy atom. The lowest BCUT2D eigenvalue weighted by Crippen LogP contribution is -2.31. The van der Waals surface area contributed by atoms with Gasteiger partial charge in [-0.2, -0.15) is 0 Å². The summed E-state index contributed by atoms with van der Waals surface area (Å²) in [5.41, 5.74) is 3.30. The van der Waals surface area contributed by atoms with Gasteiger partial charge in [-0.25, -0.2) is 4.39 Å². The predicted molar refractivity (Wildman–Crippen MR) is 112 cm³/mol. The van der Waals surface area contributed by atoms with Crippen molar-refractivity contribution in [3.8, 4) is 0 Å². The minimum atomic E-state index is -0.215. The molecule has 1 aromatic heterocycles. The molecule has 3 aromatic rings. The maximum Gasteiger partial charge on any atom is 0.220 e. The molecule has 29 heavy (non-hydrogen) atoms. The minimum absolute atomic E-state index is 0.0870. The molecule has 1 fully saturated rings. The highest BCUT2D eigenvalue weighted by molar-refractivity contribution is 5.84. The summed E-state index contributed by atoms with van der Waals surface area (Å²) < 4.78 is 21.2. The van der Waals surface area contributed by atoms with E-state index in [1.807, 2.05) is 18.2 Å². The van der Waals surface area contributed by atoms with Crippen LogP contribution in [-0.2, 0) is 22.5 Å². The van der Waals surface area contributed by atoms with Gasteiger partial charge in [-0.3, -0.25) is 4.79 Å². The van der Waals surface area contributed by atoms with E-state index in [9.17, 15) is 9.18 Å². The number of nitrogens with zero attached hydrogens (tertiary/aromatic N) is 1. The zero-order valence-electron chi connectivity index (χ0n) is 16.6. The molecule has 1 aliphatic rings. The van der Waals surface area contributed by atoms with Gasteiger partial charge in [0.1, 0.15) is 5.82 Å². The van der Waals surface area contributed by atoms with Gasteiger partial charge in [0.2, 0.25) is 5.91 Å². The molecule has 0 bridgehead atoms. The first kappa shape index (κ1) is 19.6. The molecular formula is C24H27FN2O2. The molecule has 4 nitrogen and oxygen atoms in total. The number of carbonyl (C=O) groups excluding carboxylic acids is 1. The van der Waals surface area contributed by atoms with Gasteiger partial charge in [0, 0.05) is 43.2 Å². The van der Waals surface area contributed by atoms with Crippen LogP contribution in [0.1, 0.15) is 36.8 Å². The van der Waals surface area contributed by atoms with Gasteiger partial charge in [0.05, 0.1) is 6.10 Å². The summed E-state index contributed by atoms with van der Waals surface area (Å²) in [5.74, 6) is -0.128. The van der Waals surface area contributed by atoms with E-state index in [4.69, 9.17) is 4.74 Å². The Hall–Kier alpha value is -2.66. The van der Waals surface area contributed by atoms with Gasteiger partial charge >= 0.3 is 0 Å². The van der Waals surface area contributed by atoms with Crippen molar-refractivity contribution in [1.82, 2.24) is 9.88 Å². The summed E-state index contributed by atoms with van der Waals surface area (Å²) in [5, 5.41) is 4.18. The number of rotatable bonds is 8. The zero-order chi connectivity index (χ0) is 20.1. The Morgan fingerprint density at radius 1 is 1.21 bits per heavy atom. The first-order valence-electron chi connectivity index (χ1n) is 10.4. The van der Waals surface area contributed by atoms with Gasteiger partial charge < -0.3 is 14.6 Å². The van der Waals surface area contributed by atoms with Crippen molar-refractivity contribution in [2.45, 2.75) is 44.8 Å². The van der Waals surface area contributed by atoms with E-state index in [0.717, 1.165) is 43.4 Å². The summed E-state index contributed by atoms with van der Waals surface area (Å²) >= 11 is 0. The second-order valence-corrected chi connectivity index (χ2v) is 7.72. The van der Waals surface area contributed by atoms with E-state index in [-0.39, 0.29) is 17.8 Å². The van der Waals surface area contributed by atoms with E-state index in [0.29, 0.717) is 19.5 Å². The molecule has 152 valence electrons. The third-order valence-electron chi connectivity index (χ3n) is 5.51. The number of ether oxygens (including phenoxy) is 1. The molecule has 1 N–H and O–H groups in total. The lowest BCUT2D eigenvalue weighted by atomic mass is 10.1. The number of benzene rings is 2. The van der Waals surface area contributed by atoms with Crippen molar-refractivity contribution >= 4 is 16.8 Å². The largest absolute Gasteiger partial charge is 0.376 e. The van der Waals surface area contributed by atoms with Crippen molar-refractivity contribution in [3.05, 3.63) is 71.7 Å². The van der Waals surface area contributed by atoms with Crippen LogP contribution < -0.4 is 5.32 Å². The average molecular weight is 394 g/mol. The highest BCUT2D eigenvalue weighted by Crippen LogP contribution is 2.24. The molecule has 5 heteroatoms. The third-order valence-corrected chi connectivity index (χ3v) is 5.51. The molecule has 1 aliphatic heterocycles. The van der Waals surface area contributed by atoms with Crippen molar-refractivity contribution in [1.29, 1.82) is 0 Å². The fraction of sp³-hybridized carbons (Fsp3) is 0.375. The van der Waals surface area contributed by atoms with E-state index in [1.165, 1.54) is 17.0 Å². The molecule has 0 aliphatic carbocycles.